The summed E-state index contributed by atoms with van der Waals surface area (Å²) >= 11 is 0. The predicted octanol–water partition coefficient (Wildman–Crippen LogP) is 0.719. The molecule has 0 saturated carbocycles. The second-order valence-electron chi connectivity index (χ2n) is 2.89. The highest BCUT2D eigenvalue weighted by atomic mass is 15.4. The first kappa shape index (κ1) is 7.97. The van der Waals surface area contributed by atoms with Crippen molar-refractivity contribution in [1.29, 1.82) is 0 Å². The molecular formula is C8H10N5. The maximum atomic E-state index is 4.15. The monoisotopic (exact) mass is 176 g/mol. The highest BCUT2D eigenvalue weighted by molar-refractivity contribution is 5.04. The van der Waals surface area contributed by atoms with E-state index in [1.165, 1.54) is 0 Å². The molecular weight excluding hydrogens is 166 g/mol. The molecule has 0 aromatic carbocycles. The first-order chi connectivity index (χ1) is 6.29. The van der Waals surface area contributed by atoms with Gasteiger partial charge in [-0.25, -0.2) is 0 Å². The van der Waals surface area contributed by atoms with Crippen LogP contribution in [-0.4, -0.2) is 25.2 Å². The quantitative estimate of drug-likeness (QED) is 0.733. The van der Waals surface area contributed by atoms with Gasteiger partial charge in [0.15, 0.2) is 0 Å². The summed E-state index contributed by atoms with van der Waals surface area (Å²) in [7, 11) is 0. The number of rotatable bonds is 2. The zero-order chi connectivity index (χ0) is 9.26. The molecule has 2 aromatic rings. The lowest BCUT2D eigenvalue weighted by molar-refractivity contribution is 0.536. The van der Waals surface area contributed by atoms with Crippen LogP contribution in [0.3, 0.4) is 0 Å². The number of aromatic amines is 1. The minimum atomic E-state index is 0.102. The minimum absolute atomic E-state index is 0.102. The largest absolute Gasteiger partial charge is 0.265 e. The van der Waals surface area contributed by atoms with E-state index in [0.717, 1.165) is 11.4 Å². The number of H-pyrrole nitrogens is 1. The van der Waals surface area contributed by atoms with Crippen LogP contribution in [-0.2, 0) is 0 Å². The molecule has 0 spiro atoms. The molecule has 0 aliphatic heterocycles. The Hall–Kier alpha value is -1.65. The van der Waals surface area contributed by atoms with Crippen LogP contribution in [0.15, 0.2) is 12.4 Å². The van der Waals surface area contributed by atoms with Crippen molar-refractivity contribution in [3.8, 4) is 0 Å². The standard InChI is InChI=1S/C8H10N5/c1-6-3-4-10-13(6)7(2)8-5-9-12-11-8/h4-5,7H,1-2H3,(H,9,11,12). The molecule has 1 radical (unpaired) electrons. The fraction of sp³-hybridized carbons (Fsp3) is 0.375. The SMILES string of the molecule is Cc1[c]cnn1C(C)c1c[nH]nn1. The molecule has 1 unspecified atom stereocenters. The number of hydrogen-bond acceptors (Lipinski definition) is 3. The third kappa shape index (κ3) is 1.32. The minimum Gasteiger partial charge on any atom is -0.265 e. The summed E-state index contributed by atoms with van der Waals surface area (Å²) in [5, 5.41) is 14.4. The van der Waals surface area contributed by atoms with Crippen molar-refractivity contribution in [2.45, 2.75) is 19.9 Å². The smallest absolute Gasteiger partial charge is 0.107 e. The fourth-order valence-corrected chi connectivity index (χ4v) is 1.27. The van der Waals surface area contributed by atoms with E-state index in [9.17, 15) is 0 Å². The fourth-order valence-electron chi connectivity index (χ4n) is 1.27. The van der Waals surface area contributed by atoms with Crippen molar-refractivity contribution >= 4 is 0 Å². The summed E-state index contributed by atoms with van der Waals surface area (Å²) in [6.07, 6.45) is 3.43. The lowest BCUT2D eigenvalue weighted by Crippen LogP contribution is -2.10. The Kier molecular flexibility index (Phi) is 1.84. The zero-order valence-electron chi connectivity index (χ0n) is 7.52. The van der Waals surface area contributed by atoms with E-state index in [1.807, 2.05) is 18.5 Å². The van der Waals surface area contributed by atoms with Crippen LogP contribution in [0.5, 0.6) is 0 Å². The molecule has 2 heterocycles. The summed E-state index contributed by atoms with van der Waals surface area (Å²) in [6.45, 7) is 3.98. The lowest BCUT2D eigenvalue weighted by Gasteiger charge is -2.10. The Morgan fingerprint density at radius 3 is 3.00 bits per heavy atom. The number of aromatic nitrogens is 5. The molecule has 1 N–H and O–H groups in total. The third-order valence-electron chi connectivity index (χ3n) is 2.03. The highest BCUT2D eigenvalue weighted by Crippen LogP contribution is 2.14. The van der Waals surface area contributed by atoms with Gasteiger partial charge in [-0.05, 0) is 13.8 Å². The van der Waals surface area contributed by atoms with Crippen LogP contribution in [0.2, 0.25) is 0 Å². The summed E-state index contributed by atoms with van der Waals surface area (Å²) in [5.41, 5.74) is 1.87. The Balaban J connectivity index is 2.33. The van der Waals surface area contributed by atoms with E-state index in [-0.39, 0.29) is 6.04 Å². The second kappa shape index (κ2) is 3.01. The van der Waals surface area contributed by atoms with Crippen LogP contribution < -0.4 is 0 Å². The topological polar surface area (TPSA) is 59.4 Å². The van der Waals surface area contributed by atoms with Gasteiger partial charge in [-0.1, -0.05) is 5.21 Å². The summed E-state index contributed by atoms with van der Waals surface area (Å²) in [6, 6.07) is 3.11. The molecule has 67 valence electrons. The molecule has 1 atom stereocenters. The average Bonchev–Trinajstić information content (AvgIpc) is 2.72. The van der Waals surface area contributed by atoms with Crippen LogP contribution >= 0.6 is 0 Å². The van der Waals surface area contributed by atoms with Gasteiger partial charge >= 0.3 is 0 Å². The Morgan fingerprint density at radius 2 is 2.46 bits per heavy atom. The van der Waals surface area contributed by atoms with Crippen molar-refractivity contribution < 1.29 is 0 Å². The summed E-state index contributed by atoms with van der Waals surface area (Å²) in [5.74, 6) is 0. The van der Waals surface area contributed by atoms with Crippen molar-refractivity contribution in [3.63, 3.8) is 0 Å². The average molecular weight is 176 g/mol. The molecule has 0 bridgehead atoms. The molecule has 2 rings (SSSR count). The zero-order valence-corrected chi connectivity index (χ0v) is 7.52. The summed E-state index contributed by atoms with van der Waals surface area (Å²) in [4.78, 5) is 0. The van der Waals surface area contributed by atoms with Gasteiger partial charge in [0, 0.05) is 18.0 Å². The van der Waals surface area contributed by atoms with Gasteiger partial charge in [0.1, 0.15) is 5.69 Å². The molecule has 0 aliphatic rings. The normalized spacial score (nSPS) is 13.1. The number of aryl methyl sites for hydroxylation is 1. The number of nitrogens with one attached hydrogen (secondary N) is 1. The third-order valence-corrected chi connectivity index (χ3v) is 2.03. The van der Waals surface area contributed by atoms with E-state index in [4.69, 9.17) is 0 Å². The molecule has 2 aromatic heterocycles. The summed E-state index contributed by atoms with van der Waals surface area (Å²) < 4.78 is 1.86. The van der Waals surface area contributed by atoms with Gasteiger partial charge in [0.25, 0.3) is 0 Å². The van der Waals surface area contributed by atoms with Crippen LogP contribution in [0.25, 0.3) is 0 Å². The Labute approximate surface area is 75.8 Å². The maximum absolute atomic E-state index is 4.15. The Morgan fingerprint density at radius 1 is 1.62 bits per heavy atom. The lowest BCUT2D eigenvalue weighted by atomic mass is 10.2. The van der Waals surface area contributed by atoms with Crippen LogP contribution in [0.1, 0.15) is 24.4 Å². The van der Waals surface area contributed by atoms with E-state index < -0.39 is 0 Å². The number of hydrogen-bond donors (Lipinski definition) is 1. The van der Waals surface area contributed by atoms with Crippen molar-refractivity contribution in [2.24, 2.45) is 0 Å². The van der Waals surface area contributed by atoms with Gasteiger partial charge < -0.3 is 0 Å². The molecule has 0 saturated heterocycles. The first-order valence-electron chi connectivity index (χ1n) is 4.07. The van der Waals surface area contributed by atoms with Crippen LogP contribution in [0, 0.1) is 13.0 Å². The molecule has 5 heteroatoms. The van der Waals surface area contributed by atoms with Gasteiger partial charge in [-0.2, -0.15) is 5.10 Å². The molecule has 0 aliphatic carbocycles. The van der Waals surface area contributed by atoms with E-state index >= 15 is 0 Å². The highest BCUT2D eigenvalue weighted by Gasteiger charge is 2.12. The second-order valence-corrected chi connectivity index (χ2v) is 2.89. The van der Waals surface area contributed by atoms with E-state index in [2.05, 4.69) is 26.6 Å². The van der Waals surface area contributed by atoms with Gasteiger partial charge in [-0.3, -0.25) is 9.78 Å². The number of nitrogens with zero attached hydrogens (tertiary/aromatic N) is 4. The van der Waals surface area contributed by atoms with Crippen molar-refractivity contribution in [2.75, 3.05) is 0 Å². The molecule has 0 amide bonds. The molecule has 5 nitrogen and oxygen atoms in total. The predicted molar refractivity (Wildman–Crippen MR) is 46.0 cm³/mol. The van der Waals surface area contributed by atoms with Gasteiger partial charge in [0.05, 0.1) is 12.2 Å². The maximum Gasteiger partial charge on any atom is 0.107 e. The van der Waals surface area contributed by atoms with Crippen molar-refractivity contribution in [1.82, 2.24) is 25.2 Å². The van der Waals surface area contributed by atoms with Gasteiger partial charge in [-0.15, -0.1) is 5.10 Å². The van der Waals surface area contributed by atoms with E-state index in [1.54, 1.807) is 12.4 Å². The first-order valence-corrected chi connectivity index (χ1v) is 4.07. The molecule has 0 fully saturated rings. The molecule has 13 heavy (non-hydrogen) atoms. The van der Waals surface area contributed by atoms with Crippen LogP contribution in [0.4, 0.5) is 0 Å². The van der Waals surface area contributed by atoms with E-state index in [0.29, 0.717) is 0 Å². The van der Waals surface area contributed by atoms with Crippen molar-refractivity contribution in [3.05, 3.63) is 29.8 Å². The van der Waals surface area contributed by atoms with Gasteiger partial charge in [0.2, 0.25) is 0 Å². The Bertz CT molecular complexity index is 375.